The zero-order chi connectivity index (χ0) is 13.0. The SMILES string of the molecule is CCOC(=O)C(CN(C)CC1CCC1)NC1CC1. The summed E-state index contributed by atoms with van der Waals surface area (Å²) < 4.78 is 5.15. The fourth-order valence-corrected chi connectivity index (χ4v) is 2.48. The number of hydrogen-bond donors (Lipinski definition) is 1. The normalized spacial score (nSPS) is 21.7. The van der Waals surface area contributed by atoms with Gasteiger partial charge in [0, 0.05) is 19.1 Å². The molecule has 2 aliphatic carbocycles. The van der Waals surface area contributed by atoms with Gasteiger partial charge in [0.2, 0.25) is 0 Å². The lowest BCUT2D eigenvalue weighted by Gasteiger charge is -2.31. The average molecular weight is 254 g/mol. The lowest BCUT2D eigenvalue weighted by molar-refractivity contribution is -0.146. The summed E-state index contributed by atoms with van der Waals surface area (Å²) in [6.07, 6.45) is 6.47. The highest BCUT2D eigenvalue weighted by Gasteiger charge is 2.30. The Morgan fingerprint density at radius 3 is 2.61 bits per heavy atom. The van der Waals surface area contributed by atoms with E-state index in [-0.39, 0.29) is 12.0 Å². The zero-order valence-electron chi connectivity index (χ0n) is 11.7. The Balaban J connectivity index is 1.76. The van der Waals surface area contributed by atoms with Crippen molar-refractivity contribution in [2.24, 2.45) is 5.92 Å². The van der Waals surface area contributed by atoms with Crippen molar-refractivity contribution < 1.29 is 9.53 Å². The molecule has 2 fully saturated rings. The first-order valence-corrected chi connectivity index (χ1v) is 7.30. The molecule has 4 heteroatoms. The number of esters is 1. The van der Waals surface area contributed by atoms with Crippen molar-refractivity contribution in [1.82, 2.24) is 10.2 Å². The van der Waals surface area contributed by atoms with E-state index in [2.05, 4.69) is 17.3 Å². The maximum absolute atomic E-state index is 11.9. The molecule has 2 rings (SSSR count). The molecular formula is C14H26N2O2. The van der Waals surface area contributed by atoms with Crippen molar-refractivity contribution in [2.75, 3.05) is 26.7 Å². The summed E-state index contributed by atoms with van der Waals surface area (Å²) in [6, 6.07) is 0.388. The van der Waals surface area contributed by atoms with Crippen LogP contribution in [-0.4, -0.2) is 49.7 Å². The lowest BCUT2D eigenvalue weighted by atomic mass is 9.85. The average Bonchev–Trinajstić information content (AvgIpc) is 3.07. The molecule has 1 N–H and O–H groups in total. The third-order valence-electron chi connectivity index (χ3n) is 3.87. The van der Waals surface area contributed by atoms with Crippen molar-refractivity contribution >= 4 is 5.97 Å². The van der Waals surface area contributed by atoms with E-state index in [9.17, 15) is 4.79 Å². The molecule has 2 aliphatic rings. The summed E-state index contributed by atoms with van der Waals surface area (Å²) in [4.78, 5) is 14.2. The lowest BCUT2D eigenvalue weighted by Crippen LogP contribution is -2.48. The van der Waals surface area contributed by atoms with Crippen molar-refractivity contribution in [2.45, 2.75) is 51.1 Å². The molecule has 0 bridgehead atoms. The van der Waals surface area contributed by atoms with Crippen LogP contribution in [0.4, 0.5) is 0 Å². The van der Waals surface area contributed by atoms with Crippen molar-refractivity contribution in [3.8, 4) is 0 Å². The predicted octanol–water partition coefficient (Wildman–Crippen LogP) is 1.40. The Morgan fingerprint density at radius 2 is 2.11 bits per heavy atom. The largest absolute Gasteiger partial charge is 0.465 e. The van der Waals surface area contributed by atoms with Gasteiger partial charge < -0.3 is 15.0 Å². The maximum atomic E-state index is 11.9. The van der Waals surface area contributed by atoms with Crippen LogP contribution in [0.15, 0.2) is 0 Å². The van der Waals surface area contributed by atoms with Crippen molar-refractivity contribution in [1.29, 1.82) is 0 Å². The van der Waals surface area contributed by atoms with Gasteiger partial charge in [-0.05, 0) is 45.6 Å². The van der Waals surface area contributed by atoms with Crippen LogP contribution in [0.5, 0.6) is 0 Å². The number of carbonyl (C=O) groups excluding carboxylic acids is 1. The van der Waals surface area contributed by atoms with Gasteiger partial charge in [0.15, 0.2) is 0 Å². The second kappa shape index (κ2) is 6.53. The van der Waals surface area contributed by atoms with E-state index in [1.54, 1.807) is 0 Å². The summed E-state index contributed by atoms with van der Waals surface area (Å²) in [5.41, 5.74) is 0. The molecular weight excluding hydrogens is 228 g/mol. The number of nitrogens with zero attached hydrogens (tertiary/aromatic N) is 1. The topological polar surface area (TPSA) is 41.6 Å². The molecule has 104 valence electrons. The highest BCUT2D eigenvalue weighted by atomic mass is 16.5. The minimum atomic E-state index is -0.150. The van der Waals surface area contributed by atoms with Gasteiger partial charge in [0.05, 0.1) is 6.61 Å². The molecule has 0 saturated heterocycles. The van der Waals surface area contributed by atoms with Crippen LogP contribution >= 0.6 is 0 Å². The molecule has 1 atom stereocenters. The van der Waals surface area contributed by atoms with Gasteiger partial charge in [-0.25, -0.2) is 0 Å². The van der Waals surface area contributed by atoms with Crippen LogP contribution < -0.4 is 5.32 Å². The Morgan fingerprint density at radius 1 is 1.39 bits per heavy atom. The monoisotopic (exact) mass is 254 g/mol. The van der Waals surface area contributed by atoms with Gasteiger partial charge in [-0.2, -0.15) is 0 Å². The van der Waals surface area contributed by atoms with E-state index in [4.69, 9.17) is 4.74 Å². The molecule has 18 heavy (non-hydrogen) atoms. The summed E-state index contributed by atoms with van der Waals surface area (Å²) in [5.74, 6) is 0.753. The standard InChI is InChI=1S/C14H26N2O2/c1-3-18-14(17)13(15-12-7-8-12)10-16(2)9-11-5-4-6-11/h11-13,15H,3-10H2,1-2H3. The predicted molar refractivity (Wildman–Crippen MR) is 71.4 cm³/mol. The first-order chi connectivity index (χ1) is 8.69. The molecule has 1 unspecified atom stereocenters. The molecule has 0 aliphatic heterocycles. The molecule has 0 aromatic rings. The Labute approximate surface area is 110 Å². The van der Waals surface area contributed by atoms with Gasteiger partial charge in [-0.1, -0.05) is 6.42 Å². The molecule has 0 spiro atoms. The van der Waals surface area contributed by atoms with E-state index in [1.165, 1.54) is 32.1 Å². The van der Waals surface area contributed by atoms with Crippen molar-refractivity contribution in [3.63, 3.8) is 0 Å². The summed E-state index contributed by atoms with van der Waals surface area (Å²) in [6.45, 7) is 4.21. The first-order valence-electron chi connectivity index (χ1n) is 7.30. The molecule has 2 saturated carbocycles. The number of ether oxygens (including phenoxy) is 1. The highest BCUT2D eigenvalue weighted by molar-refractivity contribution is 5.76. The van der Waals surface area contributed by atoms with E-state index in [1.807, 2.05) is 6.92 Å². The first kappa shape index (κ1) is 13.8. The van der Waals surface area contributed by atoms with Crippen molar-refractivity contribution in [3.05, 3.63) is 0 Å². The summed E-state index contributed by atoms with van der Waals surface area (Å²) in [5, 5.41) is 3.40. The third kappa shape index (κ3) is 4.25. The molecule has 0 radical (unpaired) electrons. The van der Waals surface area contributed by atoms with Crippen LogP contribution in [0.2, 0.25) is 0 Å². The van der Waals surface area contributed by atoms with Crippen LogP contribution in [0, 0.1) is 5.92 Å². The second-order valence-corrected chi connectivity index (χ2v) is 5.76. The van der Waals surface area contributed by atoms with Gasteiger partial charge in [-0.15, -0.1) is 0 Å². The summed E-state index contributed by atoms with van der Waals surface area (Å²) >= 11 is 0. The molecule has 0 amide bonds. The van der Waals surface area contributed by atoms with Crippen LogP contribution in [-0.2, 0) is 9.53 Å². The minimum absolute atomic E-state index is 0.0927. The van der Waals surface area contributed by atoms with Gasteiger partial charge in [0.1, 0.15) is 6.04 Å². The van der Waals surface area contributed by atoms with E-state index in [0.717, 1.165) is 19.0 Å². The minimum Gasteiger partial charge on any atom is -0.465 e. The number of rotatable bonds is 8. The van der Waals surface area contributed by atoms with Gasteiger partial charge in [0.25, 0.3) is 0 Å². The Bertz CT molecular complexity index is 275. The number of nitrogens with one attached hydrogen (secondary N) is 1. The number of carbonyl (C=O) groups is 1. The van der Waals surface area contributed by atoms with E-state index in [0.29, 0.717) is 12.6 Å². The number of likely N-dealkylation sites (N-methyl/N-ethyl adjacent to an activating group) is 1. The Hall–Kier alpha value is -0.610. The Kier molecular flexibility index (Phi) is 5.01. The number of hydrogen-bond acceptors (Lipinski definition) is 4. The second-order valence-electron chi connectivity index (χ2n) is 5.76. The van der Waals surface area contributed by atoms with E-state index >= 15 is 0 Å². The molecule has 0 aromatic heterocycles. The van der Waals surface area contributed by atoms with E-state index < -0.39 is 0 Å². The van der Waals surface area contributed by atoms with Gasteiger partial charge in [-0.3, -0.25) is 4.79 Å². The highest BCUT2D eigenvalue weighted by Crippen LogP contribution is 2.27. The maximum Gasteiger partial charge on any atom is 0.324 e. The van der Waals surface area contributed by atoms with Crippen LogP contribution in [0.25, 0.3) is 0 Å². The molecule has 4 nitrogen and oxygen atoms in total. The smallest absolute Gasteiger partial charge is 0.324 e. The van der Waals surface area contributed by atoms with Crippen LogP contribution in [0.1, 0.15) is 39.0 Å². The summed E-state index contributed by atoms with van der Waals surface area (Å²) in [7, 11) is 2.11. The third-order valence-corrected chi connectivity index (χ3v) is 3.87. The van der Waals surface area contributed by atoms with Crippen LogP contribution in [0.3, 0.4) is 0 Å². The molecule has 0 heterocycles. The molecule has 0 aromatic carbocycles. The zero-order valence-corrected chi connectivity index (χ0v) is 11.7. The van der Waals surface area contributed by atoms with Gasteiger partial charge >= 0.3 is 5.97 Å². The quantitative estimate of drug-likeness (QED) is 0.665. The fourth-order valence-electron chi connectivity index (χ4n) is 2.48. The fraction of sp³-hybridized carbons (Fsp3) is 0.929.